The maximum Gasteiger partial charge on any atom is 0.123 e. The minimum absolute atomic E-state index is 0.545. The Balaban J connectivity index is 2.31. The Labute approximate surface area is 84.9 Å². The van der Waals surface area contributed by atoms with E-state index < -0.39 is 0 Å². The van der Waals surface area contributed by atoms with Crippen molar-refractivity contribution in [1.82, 2.24) is 9.88 Å². The molecule has 76 valence electrons. The van der Waals surface area contributed by atoms with E-state index in [0.717, 1.165) is 0 Å². The number of anilines is 1. The molecule has 1 aliphatic heterocycles. The van der Waals surface area contributed by atoms with E-state index in [-0.39, 0.29) is 0 Å². The predicted molar refractivity (Wildman–Crippen MR) is 58.0 cm³/mol. The average molecular weight is 191 g/mol. The van der Waals surface area contributed by atoms with E-state index in [0.29, 0.717) is 11.9 Å². The summed E-state index contributed by atoms with van der Waals surface area (Å²) in [5.41, 5.74) is 8.23. The van der Waals surface area contributed by atoms with Gasteiger partial charge in [-0.1, -0.05) is 0 Å². The van der Waals surface area contributed by atoms with Crippen molar-refractivity contribution < 1.29 is 0 Å². The van der Waals surface area contributed by atoms with Gasteiger partial charge in [0.25, 0.3) is 0 Å². The normalized spacial score (nSPS) is 22.9. The molecule has 1 aromatic rings. The molecule has 2 N–H and O–H groups in total. The van der Waals surface area contributed by atoms with E-state index in [2.05, 4.69) is 23.9 Å². The van der Waals surface area contributed by atoms with E-state index in [1.807, 2.05) is 12.3 Å². The van der Waals surface area contributed by atoms with Gasteiger partial charge in [0.15, 0.2) is 0 Å². The van der Waals surface area contributed by atoms with Gasteiger partial charge in [-0.3, -0.25) is 4.90 Å². The summed E-state index contributed by atoms with van der Waals surface area (Å²) in [6.45, 7) is 3.30. The van der Waals surface area contributed by atoms with E-state index in [4.69, 9.17) is 5.73 Å². The van der Waals surface area contributed by atoms with Crippen LogP contribution in [0.2, 0.25) is 0 Å². The molecule has 0 unspecified atom stereocenters. The number of aromatic nitrogens is 1. The van der Waals surface area contributed by atoms with Gasteiger partial charge in [0.2, 0.25) is 0 Å². The summed E-state index contributed by atoms with van der Waals surface area (Å²) < 4.78 is 0. The maximum absolute atomic E-state index is 5.64. The van der Waals surface area contributed by atoms with Crippen LogP contribution in [-0.2, 0) is 0 Å². The summed E-state index contributed by atoms with van der Waals surface area (Å²) in [6, 6.07) is 2.50. The van der Waals surface area contributed by atoms with Gasteiger partial charge < -0.3 is 5.73 Å². The molecule has 0 aromatic carbocycles. The van der Waals surface area contributed by atoms with Gasteiger partial charge in [-0.05, 0) is 50.6 Å². The van der Waals surface area contributed by atoms with E-state index in [1.54, 1.807) is 0 Å². The number of pyridine rings is 1. The van der Waals surface area contributed by atoms with Crippen molar-refractivity contribution >= 4 is 5.82 Å². The van der Waals surface area contributed by atoms with Crippen molar-refractivity contribution in [3.63, 3.8) is 0 Å². The third-order valence-electron chi connectivity index (χ3n) is 3.05. The monoisotopic (exact) mass is 191 g/mol. The zero-order valence-electron chi connectivity index (χ0n) is 8.83. The molecule has 0 saturated carbocycles. The molecule has 2 heterocycles. The Morgan fingerprint density at radius 1 is 1.57 bits per heavy atom. The van der Waals surface area contributed by atoms with Crippen LogP contribution in [0, 0.1) is 6.92 Å². The van der Waals surface area contributed by atoms with E-state index in [1.165, 1.54) is 30.5 Å². The highest BCUT2D eigenvalue weighted by Gasteiger charge is 2.23. The SMILES string of the molecule is Cc1cc(N)ncc1[C@@H]1CCCN1C. The van der Waals surface area contributed by atoms with Gasteiger partial charge in [-0.2, -0.15) is 0 Å². The third kappa shape index (κ3) is 1.60. The quantitative estimate of drug-likeness (QED) is 0.735. The fourth-order valence-electron chi connectivity index (χ4n) is 2.24. The van der Waals surface area contributed by atoms with Crippen LogP contribution in [0.15, 0.2) is 12.3 Å². The third-order valence-corrected chi connectivity index (χ3v) is 3.05. The van der Waals surface area contributed by atoms with Crippen LogP contribution in [0.3, 0.4) is 0 Å². The van der Waals surface area contributed by atoms with Crippen LogP contribution in [-0.4, -0.2) is 23.5 Å². The number of hydrogen-bond acceptors (Lipinski definition) is 3. The fourth-order valence-corrected chi connectivity index (χ4v) is 2.24. The first kappa shape index (κ1) is 9.46. The molecule has 0 radical (unpaired) electrons. The second-order valence-electron chi connectivity index (χ2n) is 4.10. The minimum atomic E-state index is 0.545. The fraction of sp³-hybridized carbons (Fsp3) is 0.545. The number of aryl methyl sites for hydroxylation is 1. The number of nitrogens with two attached hydrogens (primary N) is 1. The molecule has 14 heavy (non-hydrogen) atoms. The van der Waals surface area contributed by atoms with Crippen molar-refractivity contribution in [3.8, 4) is 0 Å². The van der Waals surface area contributed by atoms with Crippen molar-refractivity contribution in [2.24, 2.45) is 0 Å². The summed E-state index contributed by atoms with van der Waals surface area (Å²) >= 11 is 0. The molecule has 0 bridgehead atoms. The van der Waals surface area contributed by atoms with Crippen LogP contribution in [0.25, 0.3) is 0 Å². The van der Waals surface area contributed by atoms with E-state index in [9.17, 15) is 0 Å². The second kappa shape index (κ2) is 3.58. The molecule has 1 saturated heterocycles. The summed E-state index contributed by atoms with van der Waals surface area (Å²) in [5, 5.41) is 0. The Morgan fingerprint density at radius 2 is 2.36 bits per heavy atom. The predicted octanol–water partition coefficient (Wildman–Crippen LogP) is 1.74. The number of rotatable bonds is 1. The van der Waals surface area contributed by atoms with Crippen LogP contribution in [0.1, 0.15) is 30.0 Å². The van der Waals surface area contributed by atoms with Crippen LogP contribution in [0.5, 0.6) is 0 Å². The Morgan fingerprint density at radius 3 is 2.93 bits per heavy atom. The van der Waals surface area contributed by atoms with Crippen LogP contribution >= 0.6 is 0 Å². The molecule has 1 fully saturated rings. The Hall–Kier alpha value is -1.09. The largest absolute Gasteiger partial charge is 0.384 e. The highest BCUT2D eigenvalue weighted by Crippen LogP contribution is 2.31. The van der Waals surface area contributed by atoms with Gasteiger partial charge >= 0.3 is 0 Å². The van der Waals surface area contributed by atoms with Gasteiger partial charge in [-0.15, -0.1) is 0 Å². The highest BCUT2D eigenvalue weighted by molar-refractivity contribution is 5.37. The minimum Gasteiger partial charge on any atom is -0.384 e. The number of nitrogens with zero attached hydrogens (tertiary/aromatic N) is 2. The molecule has 2 rings (SSSR count). The first-order chi connectivity index (χ1) is 6.68. The lowest BCUT2D eigenvalue weighted by atomic mass is 10.0. The van der Waals surface area contributed by atoms with Gasteiger partial charge in [0.05, 0.1) is 0 Å². The lowest BCUT2D eigenvalue weighted by Gasteiger charge is -2.21. The average Bonchev–Trinajstić information content (AvgIpc) is 2.52. The molecule has 0 amide bonds. The molecular weight excluding hydrogens is 174 g/mol. The molecule has 1 aliphatic rings. The molecule has 1 aromatic heterocycles. The highest BCUT2D eigenvalue weighted by atomic mass is 15.1. The van der Waals surface area contributed by atoms with Gasteiger partial charge in [-0.25, -0.2) is 4.98 Å². The standard InChI is InChI=1S/C11H17N3/c1-8-6-11(12)13-7-9(8)10-4-3-5-14(10)2/h6-7,10H,3-5H2,1-2H3,(H2,12,13)/t10-/m0/s1. The zero-order valence-corrected chi connectivity index (χ0v) is 8.83. The number of likely N-dealkylation sites (tertiary alicyclic amines) is 1. The lowest BCUT2D eigenvalue weighted by Crippen LogP contribution is -2.18. The van der Waals surface area contributed by atoms with Crippen molar-refractivity contribution in [2.45, 2.75) is 25.8 Å². The first-order valence-electron chi connectivity index (χ1n) is 5.11. The molecular formula is C11H17N3. The summed E-state index contributed by atoms with van der Waals surface area (Å²) in [5.74, 6) is 0.617. The van der Waals surface area contributed by atoms with Crippen molar-refractivity contribution in [1.29, 1.82) is 0 Å². The number of nitrogen functional groups attached to an aromatic ring is 1. The summed E-state index contributed by atoms with van der Waals surface area (Å²) in [7, 11) is 2.17. The second-order valence-corrected chi connectivity index (χ2v) is 4.10. The van der Waals surface area contributed by atoms with Crippen LogP contribution in [0.4, 0.5) is 5.82 Å². The maximum atomic E-state index is 5.64. The molecule has 1 atom stereocenters. The molecule has 3 heteroatoms. The Bertz CT molecular complexity index is 335. The van der Waals surface area contributed by atoms with Gasteiger partial charge in [0.1, 0.15) is 5.82 Å². The summed E-state index contributed by atoms with van der Waals surface area (Å²) in [4.78, 5) is 6.56. The van der Waals surface area contributed by atoms with Crippen molar-refractivity contribution in [2.75, 3.05) is 19.3 Å². The van der Waals surface area contributed by atoms with E-state index >= 15 is 0 Å². The topological polar surface area (TPSA) is 42.1 Å². The van der Waals surface area contributed by atoms with Gasteiger partial charge in [0, 0.05) is 12.2 Å². The smallest absolute Gasteiger partial charge is 0.123 e. The van der Waals surface area contributed by atoms with Crippen molar-refractivity contribution in [3.05, 3.63) is 23.4 Å². The van der Waals surface area contributed by atoms with Crippen LogP contribution < -0.4 is 5.73 Å². The Kier molecular flexibility index (Phi) is 2.42. The number of hydrogen-bond donors (Lipinski definition) is 1. The summed E-state index contributed by atoms with van der Waals surface area (Å²) in [6.07, 6.45) is 4.45. The zero-order chi connectivity index (χ0) is 10.1. The molecule has 3 nitrogen and oxygen atoms in total. The lowest BCUT2D eigenvalue weighted by molar-refractivity contribution is 0.316. The molecule has 0 aliphatic carbocycles. The molecule has 0 spiro atoms. The first-order valence-corrected chi connectivity index (χ1v) is 5.11.